The second-order valence-electron chi connectivity index (χ2n) is 7.09. The number of amides is 3. The Morgan fingerprint density at radius 3 is 2.39 bits per heavy atom. The van der Waals surface area contributed by atoms with Gasteiger partial charge in [-0.05, 0) is 88.3 Å². The molecule has 1 aliphatic heterocycles. The van der Waals surface area contributed by atoms with Gasteiger partial charge in [0.15, 0.2) is 0 Å². The van der Waals surface area contributed by atoms with Crippen molar-refractivity contribution in [2.24, 2.45) is 0 Å². The van der Waals surface area contributed by atoms with Gasteiger partial charge in [0.1, 0.15) is 18.1 Å². The van der Waals surface area contributed by atoms with Gasteiger partial charge in [0, 0.05) is 5.02 Å². The second kappa shape index (κ2) is 9.63. The fourth-order valence-electron chi connectivity index (χ4n) is 3.15. The summed E-state index contributed by atoms with van der Waals surface area (Å²) in [5.41, 5.74) is 2.37. The molecule has 0 radical (unpaired) electrons. The van der Waals surface area contributed by atoms with Crippen LogP contribution in [-0.4, -0.2) is 23.0 Å². The third-order valence-electron chi connectivity index (χ3n) is 4.83. The van der Waals surface area contributed by atoms with Crippen LogP contribution < -0.4 is 15.0 Å². The number of halogens is 2. The van der Waals surface area contributed by atoms with Gasteiger partial charge in [-0.25, -0.2) is 14.5 Å². The van der Waals surface area contributed by atoms with Crippen LogP contribution in [-0.2, 0) is 11.4 Å². The minimum Gasteiger partial charge on any atom is -0.488 e. The Hall–Kier alpha value is -3.37. The maximum Gasteiger partial charge on any atom is 0.335 e. The highest BCUT2D eigenvalue weighted by Crippen LogP contribution is 2.27. The van der Waals surface area contributed by atoms with E-state index in [1.54, 1.807) is 54.6 Å². The molecule has 33 heavy (non-hydrogen) atoms. The molecule has 0 spiro atoms. The zero-order valence-electron chi connectivity index (χ0n) is 16.9. The number of urea groups is 1. The van der Waals surface area contributed by atoms with Gasteiger partial charge in [0.2, 0.25) is 0 Å². The van der Waals surface area contributed by atoms with Crippen LogP contribution in [0.4, 0.5) is 10.5 Å². The fourth-order valence-corrected chi connectivity index (χ4v) is 3.98. The molecule has 1 heterocycles. The zero-order valence-corrected chi connectivity index (χ0v) is 19.8. The Labute approximate surface area is 207 Å². The lowest BCUT2D eigenvalue weighted by Gasteiger charge is -2.11. The van der Waals surface area contributed by atoms with Crippen molar-refractivity contribution in [3.8, 4) is 5.75 Å². The normalized spacial score (nSPS) is 14.5. The second-order valence-corrected chi connectivity index (χ2v) is 8.68. The molecule has 7 nitrogen and oxygen atoms in total. The highest BCUT2D eigenvalue weighted by molar-refractivity contribution is 14.1. The molecule has 3 aromatic rings. The van der Waals surface area contributed by atoms with Crippen LogP contribution in [0.1, 0.15) is 21.5 Å². The topological polar surface area (TPSA) is 95.9 Å². The molecule has 1 aliphatic rings. The summed E-state index contributed by atoms with van der Waals surface area (Å²) >= 11 is 8.01. The smallest absolute Gasteiger partial charge is 0.335 e. The van der Waals surface area contributed by atoms with Gasteiger partial charge in [0.05, 0.1) is 14.8 Å². The minimum atomic E-state index is -0.977. The van der Waals surface area contributed by atoms with E-state index in [0.717, 1.165) is 19.6 Å². The summed E-state index contributed by atoms with van der Waals surface area (Å²) in [6.45, 7) is 0.279. The van der Waals surface area contributed by atoms with Crippen molar-refractivity contribution in [3.63, 3.8) is 0 Å². The van der Waals surface area contributed by atoms with Gasteiger partial charge in [-0.1, -0.05) is 29.8 Å². The van der Waals surface area contributed by atoms with Crippen molar-refractivity contribution in [1.29, 1.82) is 0 Å². The molecule has 0 unspecified atom stereocenters. The van der Waals surface area contributed by atoms with Gasteiger partial charge >= 0.3 is 12.0 Å². The number of imide groups is 1. The Balaban J connectivity index is 1.46. The van der Waals surface area contributed by atoms with Gasteiger partial charge in [-0.2, -0.15) is 0 Å². The number of nitrogens with zero attached hydrogens (tertiary/aromatic N) is 1. The van der Waals surface area contributed by atoms with Gasteiger partial charge in [-0.15, -0.1) is 0 Å². The van der Waals surface area contributed by atoms with Crippen LogP contribution in [0, 0.1) is 3.57 Å². The molecule has 166 valence electrons. The molecule has 3 aromatic carbocycles. The van der Waals surface area contributed by atoms with Crippen molar-refractivity contribution in [2.75, 3.05) is 4.90 Å². The first-order chi connectivity index (χ1) is 15.8. The summed E-state index contributed by atoms with van der Waals surface area (Å²) in [6.07, 6.45) is 1.60. The average molecular weight is 575 g/mol. The Bertz CT molecular complexity index is 1270. The third-order valence-corrected chi connectivity index (χ3v) is 5.92. The van der Waals surface area contributed by atoms with Crippen molar-refractivity contribution in [3.05, 3.63) is 97.7 Å². The maximum atomic E-state index is 12.8. The molecular weight excluding hydrogens is 559 g/mol. The Kier molecular flexibility index (Phi) is 6.66. The average Bonchev–Trinajstić information content (AvgIpc) is 3.07. The number of ether oxygens (including phenoxy) is 1. The summed E-state index contributed by atoms with van der Waals surface area (Å²) in [4.78, 5) is 37.1. The molecule has 4 rings (SSSR count). The molecule has 0 aliphatic carbocycles. The molecule has 3 amide bonds. The number of aromatic carboxylic acids is 1. The quantitative estimate of drug-likeness (QED) is 0.236. The third kappa shape index (κ3) is 5.18. The molecule has 0 aromatic heterocycles. The molecule has 0 atom stereocenters. The molecule has 0 saturated carbocycles. The predicted molar refractivity (Wildman–Crippen MR) is 132 cm³/mol. The number of hydrogen-bond acceptors (Lipinski definition) is 4. The number of carbonyl (C=O) groups is 3. The summed E-state index contributed by atoms with van der Waals surface area (Å²) in [6, 6.07) is 17.8. The summed E-state index contributed by atoms with van der Waals surface area (Å²) in [7, 11) is 0. The van der Waals surface area contributed by atoms with E-state index in [1.807, 2.05) is 6.07 Å². The minimum absolute atomic E-state index is 0.165. The van der Waals surface area contributed by atoms with E-state index in [1.165, 1.54) is 12.1 Å². The molecule has 9 heteroatoms. The monoisotopic (exact) mass is 574 g/mol. The first-order valence-corrected chi connectivity index (χ1v) is 11.1. The van der Waals surface area contributed by atoms with Crippen LogP contribution in [0.5, 0.6) is 5.75 Å². The van der Waals surface area contributed by atoms with Gasteiger partial charge in [0.25, 0.3) is 5.91 Å². The van der Waals surface area contributed by atoms with Crippen molar-refractivity contribution >= 4 is 63.9 Å². The van der Waals surface area contributed by atoms with Gasteiger partial charge < -0.3 is 15.2 Å². The molecule has 1 saturated heterocycles. The van der Waals surface area contributed by atoms with E-state index < -0.39 is 17.9 Å². The number of anilines is 1. The lowest BCUT2D eigenvalue weighted by atomic mass is 10.1. The van der Waals surface area contributed by atoms with Crippen molar-refractivity contribution in [1.82, 2.24) is 5.32 Å². The largest absolute Gasteiger partial charge is 0.488 e. The van der Waals surface area contributed by atoms with E-state index in [9.17, 15) is 14.4 Å². The van der Waals surface area contributed by atoms with E-state index in [4.69, 9.17) is 21.4 Å². The lowest BCUT2D eigenvalue weighted by Crippen LogP contribution is -2.30. The predicted octanol–water partition coefficient (Wildman–Crippen LogP) is 5.32. The first-order valence-electron chi connectivity index (χ1n) is 9.69. The number of carbonyl (C=O) groups excluding carboxylic acids is 2. The zero-order chi connectivity index (χ0) is 23.5. The first kappa shape index (κ1) is 22.8. The van der Waals surface area contributed by atoms with E-state index in [-0.39, 0.29) is 17.9 Å². The SMILES string of the molecule is O=C(O)c1ccc(COc2ccc(/C=C3/NC(=O)N(c4ccc(Cl)cc4)C3=O)cc2I)cc1. The van der Waals surface area contributed by atoms with Crippen LogP contribution >= 0.6 is 34.2 Å². The van der Waals surface area contributed by atoms with Crippen LogP contribution in [0.2, 0.25) is 5.02 Å². The number of carboxylic acids is 1. The number of hydrogen-bond donors (Lipinski definition) is 2. The highest BCUT2D eigenvalue weighted by atomic mass is 127. The van der Waals surface area contributed by atoms with Crippen molar-refractivity contribution in [2.45, 2.75) is 6.61 Å². The van der Waals surface area contributed by atoms with Gasteiger partial charge in [-0.3, -0.25) is 4.79 Å². The van der Waals surface area contributed by atoms with Crippen molar-refractivity contribution < 1.29 is 24.2 Å². The standard InChI is InChI=1S/C24H16ClIN2O5/c25-17-6-8-18(9-7-17)28-22(29)20(27-24(28)32)12-15-3-10-21(19(26)11-15)33-13-14-1-4-16(5-2-14)23(30)31/h1-12H,13H2,(H,27,32)(H,30,31)/b20-12+. The van der Waals surface area contributed by atoms with Crippen LogP contribution in [0.15, 0.2) is 72.4 Å². The molecule has 1 fully saturated rings. The summed E-state index contributed by atoms with van der Waals surface area (Å²) in [5.74, 6) is -0.790. The fraction of sp³-hybridized carbons (Fsp3) is 0.0417. The number of carboxylic acid groups (broad SMARTS) is 1. The maximum absolute atomic E-state index is 12.8. The highest BCUT2D eigenvalue weighted by Gasteiger charge is 2.34. The van der Waals surface area contributed by atoms with E-state index in [0.29, 0.717) is 16.5 Å². The molecule has 2 N–H and O–H groups in total. The lowest BCUT2D eigenvalue weighted by molar-refractivity contribution is -0.113. The van der Waals surface area contributed by atoms with Crippen LogP contribution in [0.25, 0.3) is 6.08 Å². The molecule has 0 bridgehead atoms. The number of benzene rings is 3. The Morgan fingerprint density at radius 2 is 1.76 bits per heavy atom. The van der Waals surface area contributed by atoms with Crippen LogP contribution in [0.3, 0.4) is 0 Å². The van der Waals surface area contributed by atoms with E-state index >= 15 is 0 Å². The Morgan fingerprint density at radius 1 is 1.06 bits per heavy atom. The summed E-state index contributed by atoms with van der Waals surface area (Å²) in [5, 5.41) is 12.1. The molecular formula is C24H16ClIN2O5. The summed E-state index contributed by atoms with van der Waals surface area (Å²) < 4.78 is 6.65. The number of rotatable bonds is 6. The van der Waals surface area contributed by atoms with E-state index in [2.05, 4.69) is 27.9 Å². The number of nitrogens with one attached hydrogen (secondary N) is 1.